The first-order chi connectivity index (χ1) is 8.25. The van der Waals surface area contributed by atoms with E-state index in [1.165, 1.54) is 6.07 Å². The number of benzene rings is 1. The van der Waals surface area contributed by atoms with E-state index in [0.29, 0.717) is 0 Å². The Morgan fingerprint density at radius 1 is 1.33 bits per heavy atom. The van der Waals surface area contributed by atoms with E-state index in [0.717, 1.165) is 19.2 Å². The van der Waals surface area contributed by atoms with Gasteiger partial charge in [-0.2, -0.15) is 13.2 Å². The highest BCUT2D eigenvalue weighted by Gasteiger charge is 2.34. The summed E-state index contributed by atoms with van der Waals surface area (Å²) in [6, 6.07) is 3.38. The van der Waals surface area contributed by atoms with Crippen molar-refractivity contribution in [3.63, 3.8) is 0 Å². The lowest BCUT2D eigenvalue weighted by molar-refractivity contribution is -0.151. The number of ether oxygens (including phenoxy) is 1. The zero-order valence-corrected chi connectivity index (χ0v) is 10.8. The molecule has 0 aliphatic rings. The third-order valence-corrected chi connectivity index (χ3v) is 2.63. The lowest BCUT2D eigenvalue weighted by Gasteiger charge is -2.12. The van der Waals surface area contributed by atoms with Crippen LogP contribution in [-0.4, -0.2) is 18.9 Å². The Bertz CT molecular complexity index is 483. The topological polar surface area (TPSA) is 43.4 Å². The third kappa shape index (κ3) is 3.56. The van der Waals surface area contributed by atoms with Crippen LogP contribution in [0, 0.1) is 0 Å². The van der Waals surface area contributed by atoms with Crippen molar-refractivity contribution in [3.8, 4) is 0 Å². The van der Waals surface area contributed by atoms with Crippen LogP contribution in [0.3, 0.4) is 0 Å². The molecule has 0 N–H and O–H groups in total. The van der Waals surface area contributed by atoms with E-state index < -0.39 is 29.9 Å². The largest absolute Gasteiger partial charge is 0.463 e. The van der Waals surface area contributed by atoms with E-state index in [1.54, 1.807) is 0 Å². The second kappa shape index (κ2) is 5.51. The fourth-order valence-corrected chi connectivity index (χ4v) is 1.69. The maximum atomic E-state index is 12.7. The highest BCUT2D eigenvalue weighted by Crippen LogP contribution is 2.34. The molecule has 0 spiro atoms. The Morgan fingerprint density at radius 3 is 2.44 bits per heavy atom. The molecule has 0 aliphatic heterocycles. The van der Waals surface area contributed by atoms with E-state index in [9.17, 15) is 22.8 Å². The minimum absolute atomic E-state index is 0.240. The Morgan fingerprint density at radius 2 is 1.94 bits per heavy atom. The monoisotopic (exact) mass is 324 g/mol. The van der Waals surface area contributed by atoms with E-state index in [4.69, 9.17) is 0 Å². The van der Waals surface area contributed by atoms with Gasteiger partial charge in [0, 0.05) is 10.9 Å². The smallest absolute Gasteiger partial charge is 0.416 e. The van der Waals surface area contributed by atoms with Crippen LogP contribution >= 0.6 is 15.9 Å². The van der Waals surface area contributed by atoms with Gasteiger partial charge in [-0.05, 0) is 17.7 Å². The first kappa shape index (κ1) is 14.7. The third-order valence-electron chi connectivity index (χ3n) is 2.14. The van der Waals surface area contributed by atoms with Gasteiger partial charge in [0.05, 0.1) is 12.7 Å². The second-order valence-electron chi connectivity index (χ2n) is 3.39. The molecule has 3 nitrogen and oxygen atoms in total. The number of Topliss-reactive ketones (excluding diaryl/α,β-unsaturated/α-hetero) is 1. The molecule has 18 heavy (non-hydrogen) atoms. The summed E-state index contributed by atoms with van der Waals surface area (Å²) in [7, 11) is 0.993. The van der Waals surface area contributed by atoms with E-state index >= 15 is 0 Å². The zero-order chi connectivity index (χ0) is 13.9. The van der Waals surface area contributed by atoms with Crippen molar-refractivity contribution in [2.75, 3.05) is 7.11 Å². The van der Waals surface area contributed by atoms with Gasteiger partial charge in [-0.15, -0.1) is 0 Å². The van der Waals surface area contributed by atoms with Gasteiger partial charge in [-0.3, -0.25) is 4.79 Å². The maximum Gasteiger partial charge on any atom is 0.416 e. The molecule has 7 heteroatoms. The Hall–Kier alpha value is -1.37. The van der Waals surface area contributed by atoms with Gasteiger partial charge in [0.15, 0.2) is 0 Å². The van der Waals surface area contributed by atoms with Crippen LogP contribution in [-0.2, 0) is 26.9 Å². The van der Waals surface area contributed by atoms with Gasteiger partial charge in [-0.25, -0.2) is 4.79 Å². The molecule has 0 fully saturated rings. The minimum Gasteiger partial charge on any atom is -0.463 e. The maximum absolute atomic E-state index is 12.7. The molecule has 0 aromatic heterocycles. The molecule has 0 saturated carbocycles. The first-order valence-electron chi connectivity index (χ1n) is 4.72. The summed E-state index contributed by atoms with van der Waals surface area (Å²) < 4.78 is 42.5. The number of carbonyl (C=O) groups excluding carboxylic acids is 2. The molecule has 1 aromatic rings. The molecule has 0 saturated heterocycles. The molecule has 0 unspecified atom stereocenters. The van der Waals surface area contributed by atoms with Gasteiger partial charge in [-0.1, -0.05) is 22.0 Å². The molecular weight excluding hydrogens is 317 g/mol. The predicted molar refractivity (Wildman–Crippen MR) is 59.9 cm³/mol. The van der Waals surface area contributed by atoms with Gasteiger partial charge in [0.25, 0.3) is 0 Å². The van der Waals surface area contributed by atoms with Crippen LogP contribution in [0.1, 0.15) is 11.1 Å². The van der Waals surface area contributed by atoms with Crippen molar-refractivity contribution in [1.82, 2.24) is 0 Å². The molecule has 0 amide bonds. The lowest BCUT2D eigenvalue weighted by atomic mass is 10.0. The molecule has 98 valence electrons. The van der Waals surface area contributed by atoms with Crippen LogP contribution in [0.15, 0.2) is 22.7 Å². The summed E-state index contributed by atoms with van der Waals surface area (Å²) in [5.74, 6) is -2.18. The molecule has 1 aromatic carbocycles. The second-order valence-corrected chi connectivity index (χ2v) is 4.31. The standard InChI is InChI=1S/C11H8BrF3O3/c1-18-10(17)9(16)4-6-2-3-7(12)5-8(6)11(13,14)15/h2-3,5H,4H2,1H3. The summed E-state index contributed by atoms with van der Waals surface area (Å²) in [6.07, 6.45) is -5.23. The average molecular weight is 325 g/mol. The number of rotatable bonds is 3. The highest BCUT2D eigenvalue weighted by atomic mass is 79.9. The number of carbonyl (C=O) groups is 2. The molecule has 0 radical (unpaired) electrons. The summed E-state index contributed by atoms with van der Waals surface area (Å²) in [4.78, 5) is 22.1. The van der Waals surface area contributed by atoms with Crippen molar-refractivity contribution in [2.45, 2.75) is 12.6 Å². The van der Waals surface area contributed by atoms with Crippen molar-refractivity contribution in [3.05, 3.63) is 33.8 Å². The highest BCUT2D eigenvalue weighted by molar-refractivity contribution is 9.10. The van der Waals surface area contributed by atoms with Crippen molar-refractivity contribution in [2.24, 2.45) is 0 Å². The lowest BCUT2D eigenvalue weighted by Crippen LogP contribution is -2.20. The number of methoxy groups -OCH3 is 1. The van der Waals surface area contributed by atoms with Gasteiger partial charge < -0.3 is 4.74 Å². The minimum atomic E-state index is -4.59. The summed E-state index contributed by atoms with van der Waals surface area (Å²) in [5.41, 5.74) is -1.21. The fraction of sp³-hybridized carbons (Fsp3) is 0.273. The van der Waals surface area contributed by atoms with Crippen LogP contribution < -0.4 is 0 Å². The molecule has 0 atom stereocenters. The van der Waals surface area contributed by atoms with Gasteiger partial charge in [0.1, 0.15) is 0 Å². The van der Waals surface area contributed by atoms with Crippen LogP contribution in [0.2, 0.25) is 0 Å². The first-order valence-corrected chi connectivity index (χ1v) is 5.51. The molecule has 0 bridgehead atoms. The summed E-state index contributed by atoms with van der Waals surface area (Å²) in [5, 5.41) is 0. The van der Waals surface area contributed by atoms with E-state index in [-0.39, 0.29) is 10.0 Å². The normalized spacial score (nSPS) is 11.2. The predicted octanol–water partition coefficient (Wildman–Crippen LogP) is 2.75. The summed E-state index contributed by atoms with van der Waals surface area (Å²) >= 11 is 2.92. The van der Waals surface area contributed by atoms with Crippen LogP contribution in [0.5, 0.6) is 0 Å². The van der Waals surface area contributed by atoms with Crippen molar-refractivity contribution in [1.29, 1.82) is 0 Å². The molecular formula is C11H8BrF3O3. The van der Waals surface area contributed by atoms with E-state index in [2.05, 4.69) is 20.7 Å². The van der Waals surface area contributed by atoms with Crippen molar-refractivity contribution >= 4 is 27.7 Å². The zero-order valence-electron chi connectivity index (χ0n) is 9.18. The SMILES string of the molecule is COC(=O)C(=O)Cc1ccc(Br)cc1C(F)(F)F. The molecule has 0 heterocycles. The van der Waals surface area contributed by atoms with Gasteiger partial charge >= 0.3 is 12.1 Å². The number of hydrogen-bond donors (Lipinski definition) is 0. The molecule has 1 rings (SSSR count). The average Bonchev–Trinajstić information content (AvgIpc) is 2.28. The Kier molecular flexibility index (Phi) is 4.50. The number of ketones is 1. The Labute approximate surface area is 109 Å². The number of hydrogen-bond acceptors (Lipinski definition) is 3. The number of halogens is 4. The van der Waals surface area contributed by atoms with Crippen LogP contribution in [0.4, 0.5) is 13.2 Å². The summed E-state index contributed by atoms with van der Waals surface area (Å²) in [6.45, 7) is 0. The number of alkyl halides is 3. The molecule has 0 aliphatic carbocycles. The number of esters is 1. The van der Waals surface area contributed by atoms with Gasteiger partial charge in [0.2, 0.25) is 5.78 Å². The quantitative estimate of drug-likeness (QED) is 0.634. The van der Waals surface area contributed by atoms with Crippen LogP contribution in [0.25, 0.3) is 0 Å². The van der Waals surface area contributed by atoms with E-state index in [1.807, 2.05) is 0 Å². The fourth-order valence-electron chi connectivity index (χ4n) is 1.33. The van der Waals surface area contributed by atoms with Crippen molar-refractivity contribution < 1.29 is 27.5 Å². The Balaban J connectivity index is 3.10.